The molecule has 0 aromatic carbocycles. The Morgan fingerprint density at radius 3 is 2.33 bits per heavy atom. The topological polar surface area (TPSA) is 81.2 Å². The maximum Gasteiger partial charge on any atom is 0.247 e. The Morgan fingerprint density at radius 2 is 1.79 bits per heavy atom. The highest BCUT2D eigenvalue weighted by molar-refractivity contribution is 8.02. The monoisotopic (exact) mass is 561 g/mol. The molecule has 3 rings (SSSR count). The number of carbonyl (C=O) groups excluding carboxylic acids is 3. The molecule has 220 valence electrons. The van der Waals surface area contributed by atoms with Crippen molar-refractivity contribution in [1.29, 1.82) is 0 Å². The van der Waals surface area contributed by atoms with Gasteiger partial charge in [-0.2, -0.15) is 0 Å². The van der Waals surface area contributed by atoms with E-state index in [0.29, 0.717) is 32.5 Å². The summed E-state index contributed by atoms with van der Waals surface area (Å²) in [6.07, 6.45) is 8.20. The second kappa shape index (κ2) is 12.8. The zero-order valence-electron chi connectivity index (χ0n) is 25.0. The van der Waals surface area contributed by atoms with Crippen LogP contribution in [-0.2, 0) is 14.4 Å². The molecule has 0 aromatic heterocycles. The molecule has 7 atom stereocenters. The highest BCUT2D eigenvalue weighted by Gasteiger charge is 2.78. The van der Waals surface area contributed by atoms with Gasteiger partial charge in [-0.1, -0.05) is 46.3 Å². The van der Waals surface area contributed by atoms with Gasteiger partial charge in [0.05, 0.1) is 29.2 Å². The van der Waals surface area contributed by atoms with Gasteiger partial charge < -0.3 is 19.8 Å². The first-order valence-electron chi connectivity index (χ1n) is 14.9. The van der Waals surface area contributed by atoms with Crippen molar-refractivity contribution in [2.75, 3.05) is 26.2 Å². The third-order valence-corrected chi connectivity index (χ3v) is 11.0. The van der Waals surface area contributed by atoms with Crippen LogP contribution in [0.25, 0.3) is 0 Å². The first-order valence-corrected chi connectivity index (χ1v) is 15.7. The van der Waals surface area contributed by atoms with Crippen LogP contribution in [0.2, 0.25) is 0 Å². The van der Waals surface area contributed by atoms with Crippen LogP contribution in [0.4, 0.5) is 0 Å². The van der Waals surface area contributed by atoms with Gasteiger partial charge in [0.15, 0.2) is 0 Å². The van der Waals surface area contributed by atoms with E-state index in [2.05, 4.69) is 47.8 Å². The number of rotatable bonds is 15. The molecule has 7 nitrogen and oxygen atoms in total. The van der Waals surface area contributed by atoms with Crippen LogP contribution in [0.3, 0.4) is 0 Å². The summed E-state index contributed by atoms with van der Waals surface area (Å²) in [6.45, 7) is 21.5. The standard InChI is InChI=1S/C31H51N3O4S/c1-9-13-22(7)33(18-12-4)29(38)26-31-15-14-30(8,39-31)24(27(36)32(16-10-2)17-11-3)25(31)28(37)34(26)23(20-35)19-21(5)6/h10,12,21-26,35H,2,4,9,11,13-20H2,1,3,5-8H3/t22?,23-,24-,25+,26?,30+,31?/m1/s1. The van der Waals surface area contributed by atoms with E-state index >= 15 is 0 Å². The van der Waals surface area contributed by atoms with Crippen molar-refractivity contribution in [3.8, 4) is 0 Å². The van der Waals surface area contributed by atoms with Crippen molar-refractivity contribution >= 4 is 29.5 Å². The molecule has 0 radical (unpaired) electrons. The number of hydrogen-bond acceptors (Lipinski definition) is 5. The molecular weight excluding hydrogens is 510 g/mol. The third kappa shape index (κ3) is 5.57. The number of likely N-dealkylation sites (tertiary alicyclic amines) is 1. The maximum atomic E-state index is 14.6. The molecule has 39 heavy (non-hydrogen) atoms. The van der Waals surface area contributed by atoms with Crippen LogP contribution in [0.5, 0.6) is 0 Å². The van der Waals surface area contributed by atoms with Gasteiger partial charge in [0.25, 0.3) is 0 Å². The number of aliphatic hydroxyl groups is 1. The van der Waals surface area contributed by atoms with Crippen molar-refractivity contribution in [2.45, 2.75) is 108 Å². The van der Waals surface area contributed by atoms with Crippen LogP contribution in [-0.4, -0.2) is 91.4 Å². The fraction of sp³-hybridized carbons (Fsp3) is 0.774. The Hall–Kier alpha value is -1.80. The van der Waals surface area contributed by atoms with Crippen molar-refractivity contribution < 1.29 is 19.5 Å². The molecular formula is C31H51N3O4S. The number of hydrogen-bond donors (Lipinski definition) is 1. The molecule has 3 amide bonds. The molecule has 2 bridgehead atoms. The fourth-order valence-corrected chi connectivity index (χ4v) is 9.83. The number of amides is 3. The lowest BCUT2D eigenvalue weighted by Crippen LogP contribution is -2.59. The minimum absolute atomic E-state index is 0.00478. The number of fused-ring (bicyclic) bond motifs is 1. The number of aliphatic hydroxyl groups excluding tert-OH is 1. The molecule has 8 heteroatoms. The van der Waals surface area contributed by atoms with Gasteiger partial charge in [-0.25, -0.2) is 0 Å². The van der Waals surface area contributed by atoms with Gasteiger partial charge in [-0.3, -0.25) is 14.4 Å². The summed E-state index contributed by atoms with van der Waals surface area (Å²) in [5, 5.41) is 10.5. The largest absolute Gasteiger partial charge is 0.394 e. The predicted octanol–water partition coefficient (Wildman–Crippen LogP) is 4.50. The van der Waals surface area contributed by atoms with Gasteiger partial charge in [0.2, 0.25) is 17.7 Å². The lowest BCUT2D eigenvalue weighted by molar-refractivity contribution is -0.148. The number of nitrogens with zero attached hydrogens (tertiary/aromatic N) is 3. The first kappa shape index (κ1) is 31.7. The zero-order valence-corrected chi connectivity index (χ0v) is 25.8. The number of thioether (sulfide) groups is 1. The average Bonchev–Trinajstić information content (AvgIpc) is 3.45. The van der Waals surface area contributed by atoms with E-state index in [9.17, 15) is 19.5 Å². The zero-order chi connectivity index (χ0) is 29.1. The summed E-state index contributed by atoms with van der Waals surface area (Å²) in [6, 6.07) is -1.19. The Labute approximate surface area is 240 Å². The Balaban J connectivity index is 2.16. The normalized spacial score (nSPS) is 30.8. The van der Waals surface area contributed by atoms with Crippen molar-refractivity contribution in [3.63, 3.8) is 0 Å². The second-order valence-corrected chi connectivity index (χ2v) is 14.3. The van der Waals surface area contributed by atoms with Gasteiger partial charge >= 0.3 is 0 Å². The van der Waals surface area contributed by atoms with Crippen LogP contribution in [0.1, 0.15) is 80.1 Å². The highest BCUT2D eigenvalue weighted by atomic mass is 32.2. The predicted molar refractivity (Wildman–Crippen MR) is 159 cm³/mol. The minimum Gasteiger partial charge on any atom is -0.394 e. The van der Waals surface area contributed by atoms with E-state index in [4.69, 9.17) is 0 Å². The summed E-state index contributed by atoms with van der Waals surface area (Å²) in [5.41, 5.74) is 0. The molecule has 3 aliphatic rings. The van der Waals surface area contributed by atoms with Crippen LogP contribution >= 0.6 is 11.8 Å². The quantitative estimate of drug-likeness (QED) is 0.298. The molecule has 3 unspecified atom stereocenters. The van der Waals surface area contributed by atoms with Crippen LogP contribution in [0, 0.1) is 17.8 Å². The summed E-state index contributed by atoms with van der Waals surface area (Å²) in [7, 11) is 0. The Morgan fingerprint density at radius 1 is 1.13 bits per heavy atom. The van der Waals surface area contributed by atoms with Gasteiger partial charge in [0, 0.05) is 30.4 Å². The fourth-order valence-electron chi connectivity index (χ4n) is 7.50. The summed E-state index contributed by atoms with van der Waals surface area (Å²) in [4.78, 5) is 48.8. The van der Waals surface area contributed by atoms with Crippen molar-refractivity contribution in [1.82, 2.24) is 14.7 Å². The molecule has 3 aliphatic heterocycles. The molecule has 0 aromatic rings. The Kier molecular flexibility index (Phi) is 10.4. The molecule has 1 spiro atoms. The Bertz CT molecular complexity index is 941. The molecule has 0 saturated carbocycles. The van der Waals surface area contributed by atoms with E-state index in [-0.39, 0.29) is 36.3 Å². The van der Waals surface area contributed by atoms with E-state index in [1.54, 1.807) is 28.8 Å². The van der Waals surface area contributed by atoms with Crippen molar-refractivity contribution in [2.24, 2.45) is 17.8 Å². The van der Waals surface area contributed by atoms with E-state index in [1.807, 2.05) is 16.7 Å². The minimum atomic E-state index is -0.714. The molecule has 3 saturated heterocycles. The third-order valence-electron chi connectivity index (χ3n) is 9.06. The van der Waals surface area contributed by atoms with Gasteiger partial charge in [-0.05, 0) is 51.9 Å². The van der Waals surface area contributed by atoms with Crippen molar-refractivity contribution in [3.05, 3.63) is 25.3 Å². The first-order chi connectivity index (χ1) is 18.5. The molecule has 3 fully saturated rings. The lowest BCUT2D eigenvalue weighted by Gasteiger charge is -2.41. The van der Waals surface area contributed by atoms with Gasteiger partial charge in [0.1, 0.15) is 6.04 Å². The number of carbonyl (C=O) groups is 3. The SMILES string of the molecule is C=CCN(CCC)C(=O)[C@H]1[C@H]2C(=O)N([C@@H](CO)CC(C)C)C(C(=O)N(CC=C)C(C)CCC)C23CC[C@]1(C)S3. The molecule has 1 N–H and O–H groups in total. The second-order valence-electron chi connectivity index (χ2n) is 12.4. The van der Waals surface area contributed by atoms with E-state index < -0.39 is 33.4 Å². The summed E-state index contributed by atoms with van der Waals surface area (Å²) < 4.78 is -1.11. The molecule has 0 aliphatic carbocycles. The average molecular weight is 562 g/mol. The summed E-state index contributed by atoms with van der Waals surface area (Å²) in [5.74, 6) is -1.07. The molecule has 3 heterocycles. The van der Waals surface area contributed by atoms with E-state index in [0.717, 1.165) is 25.7 Å². The van der Waals surface area contributed by atoms with E-state index in [1.165, 1.54) is 0 Å². The maximum absolute atomic E-state index is 14.6. The highest BCUT2D eigenvalue weighted by Crippen LogP contribution is 2.72. The smallest absolute Gasteiger partial charge is 0.247 e. The lowest BCUT2D eigenvalue weighted by atomic mass is 9.66. The van der Waals surface area contributed by atoms with Gasteiger partial charge in [-0.15, -0.1) is 24.9 Å². The van der Waals surface area contributed by atoms with Crippen LogP contribution in [0.15, 0.2) is 25.3 Å². The van der Waals surface area contributed by atoms with Crippen LogP contribution < -0.4 is 0 Å². The summed E-state index contributed by atoms with van der Waals surface area (Å²) >= 11 is 1.70.